The summed E-state index contributed by atoms with van der Waals surface area (Å²) in [5.41, 5.74) is 3.20. The number of allylic oxidation sites excluding steroid dienone is 1. The van der Waals surface area contributed by atoms with Crippen LogP contribution in [0.25, 0.3) is 17.2 Å². The third kappa shape index (κ3) is 5.80. The molecule has 32 heavy (non-hydrogen) atoms. The molecule has 3 aromatic carbocycles. The highest BCUT2D eigenvalue weighted by Crippen LogP contribution is 2.23. The fraction of sp³-hybridized carbons (Fsp3) is 0.154. The number of rotatable bonds is 10. The Hall–Kier alpha value is -3.51. The van der Waals surface area contributed by atoms with Crippen molar-refractivity contribution in [3.63, 3.8) is 0 Å². The normalized spacial score (nSPS) is 11.2. The van der Waals surface area contributed by atoms with E-state index in [9.17, 15) is 4.79 Å². The number of carbonyl (C=O) groups is 1. The molecule has 4 aromatic rings. The van der Waals surface area contributed by atoms with Crippen molar-refractivity contribution in [1.29, 1.82) is 0 Å². The fourth-order valence-electron chi connectivity index (χ4n) is 3.05. The summed E-state index contributed by atoms with van der Waals surface area (Å²) < 4.78 is 16.7. The van der Waals surface area contributed by atoms with E-state index in [0.29, 0.717) is 17.4 Å². The molecular weight excluding hydrogens is 422 g/mol. The van der Waals surface area contributed by atoms with Crippen LogP contribution in [0.5, 0.6) is 11.5 Å². The van der Waals surface area contributed by atoms with E-state index in [4.69, 9.17) is 13.9 Å². The van der Waals surface area contributed by atoms with Crippen LogP contribution in [0.1, 0.15) is 22.3 Å². The van der Waals surface area contributed by atoms with Crippen molar-refractivity contribution in [3.8, 4) is 11.5 Å². The molecule has 162 valence electrons. The molecule has 5 nitrogen and oxygen atoms in total. The predicted molar refractivity (Wildman–Crippen MR) is 128 cm³/mol. The quantitative estimate of drug-likeness (QED) is 0.124. The fourth-order valence-corrected chi connectivity index (χ4v) is 3.80. The zero-order valence-corrected chi connectivity index (χ0v) is 18.5. The van der Waals surface area contributed by atoms with E-state index in [1.807, 2.05) is 60.7 Å². The summed E-state index contributed by atoms with van der Waals surface area (Å²) in [5, 5.41) is 0.677. The van der Waals surface area contributed by atoms with Crippen LogP contribution >= 0.6 is 11.8 Å². The Morgan fingerprint density at radius 3 is 2.69 bits per heavy atom. The third-order valence-electron chi connectivity index (χ3n) is 4.72. The van der Waals surface area contributed by atoms with Gasteiger partial charge in [0.1, 0.15) is 17.0 Å². The largest absolute Gasteiger partial charge is 0.497 e. The van der Waals surface area contributed by atoms with E-state index in [2.05, 4.69) is 4.98 Å². The van der Waals surface area contributed by atoms with Gasteiger partial charge in [-0.05, 0) is 66.6 Å². The molecule has 1 heterocycles. The number of methoxy groups -OCH3 is 1. The molecule has 0 unspecified atom stereocenters. The molecule has 4 rings (SSSR count). The first-order valence-electron chi connectivity index (χ1n) is 10.3. The van der Waals surface area contributed by atoms with Crippen LogP contribution in [0.2, 0.25) is 0 Å². The van der Waals surface area contributed by atoms with Crippen LogP contribution in [0.15, 0.2) is 88.5 Å². The molecule has 0 radical (unpaired) electrons. The van der Waals surface area contributed by atoms with Crippen LogP contribution in [0, 0.1) is 0 Å². The average Bonchev–Trinajstić information content (AvgIpc) is 3.26. The van der Waals surface area contributed by atoms with E-state index in [1.54, 1.807) is 43.2 Å². The summed E-state index contributed by atoms with van der Waals surface area (Å²) in [7, 11) is 1.62. The lowest BCUT2D eigenvalue weighted by molar-refractivity contribution is 0.104. The van der Waals surface area contributed by atoms with Crippen molar-refractivity contribution in [2.75, 3.05) is 19.5 Å². The monoisotopic (exact) mass is 445 g/mol. The van der Waals surface area contributed by atoms with Crippen molar-refractivity contribution in [2.45, 2.75) is 11.6 Å². The van der Waals surface area contributed by atoms with Crippen molar-refractivity contribution in [1.82, 2.24) is 4.98 Å². The molecule has 0 aliphatic rings. The number of hydrogen-bond acceptors (Lipinski definition) is 6. The zero-order chi connectivity index (χ0) is 22.2. The molecule has 0 saturated heterocycles. The molecule has 0 aliphatic carbocycles. The number of aromatic nitrogens is 1. The minimum Gasteiger partial charge on any atom is -0.497 e. The van der Waals surface area contributed by atoms with Crippen molar-refractivity contribution >= 4 is 34.7 Å². The van der Waals surface area contributed by atoms with Crippen molar-refractivity contribution < 1.29 is 18.7 Å². The van der Waals surface area contributed by atoms with Gasteiger partial charge in [0, 0.05) is 11.3 Å². The highest BCUT2D eigenvalue weighted by molar-refractivity contribution is 7.99. The van der Waals surface area contributed by atoms with Gasteiger partial charge >= 0.3 is 0 Å². The topological polar surface area (TPSA) is 61.6 Å². The van der Waals surface area contributed by atoms with Gasteiger partial charge in [-0.15, -0.1) is 0 Å². The maximum atomic E-state index is 12.4. The molecule has 0 aliphatic heterocycles. The van der Waals surface area contributed by atoms with Gasteiger partial charge in [-0.25, -0.2) is 4.98 Å². The molecule has 0 bridgehead atoms. The highest BCUT2D eigenvalue weighted by Gasteiger charge is 2.06. The summed E-state index contributed by atoms with van der Waals surface area (Å²) >= 11 is 1.58. The van der Waals surface area contributed by atoms with Gasteiger partial charge < -0.3 is 13.9 Å². The minimum absolute atomic E-state index is 0.0610. The molecule has 0 N–H and O–H groups in total. The van der Waals surface area contributed by atoms with Crippen LogP contribution in [-0.4, -0.2) is 30.2 Å². The molecule has 0 atom stereocenters. The van der Waals surface area contributed by atoms with Gasteiger partial charge in [0.05, 0.1) is 13.7 Å². The van der Waals surface area contributed by atoms with E-state index in [1.165, 1.54) is 0 Å². The van der Waals surface area contributed by atoms with Gasteiger partial charge in [0.2, 0.25) is 0 Å². The van der Waals surface area contributed by atoms with Crippen LogP contribution in [-0.2, 0) is 0 Å². The number of nitrogens with zero attached hydrogens (tertiary/aromatic N) is 1. The first-order valence-corrected chi connectivity index (χ1v) is 11.3. The number of fused-ring (bicyclic) bond motifs is 1. The van der Waals surface area contributed by atoms with Gasteiger partial charge in [-0.2, -0.15) is 0 Å². The van der Waals surface area contributed by atoms with Gasteiger partial charge in [0.25, 0.3) is 5.22 Å². The molecule has 0 amide bonds. The van der Waals surface area contributed by atoms with E-state index in [0.717, 1.165) is 40.3 Å². The first kappa shape index (κ1) is 21.7. The number of benzene rings is 3. The molecule has 0 spiro atoms. The Kier molecular flexibility index (Phi) is 7.25. The van der Waals surface area contributed by atoms with Crippen molar-refractivity contribution in [3.05, 3.63) is 90.0 Å². The summed E-state index contributed by atoms with van der Waals surface area (Å²) in [5.74, 6) is 2.28. The Labute approximate surface area is 191 Å². The number of ether oxygens (including phenoxy) is 2. The Bertz CT molecular complexity index is 1180. The number of hydrogen-bond donors (Lipinski definition) is 0. The lowest BCUT2D eigenvalue weighted by atomic mass is 10.1. The van der Waals surface area contributed by atoms with Crippen LogP contribution < -0.4 is 9.47 Å². The second-order valence-electron chi connectivity index (χ2n) is 7.00. The van der Waals surface area contributed by atoms with E-state index in [-0.39, 0.29) is 5.78 Å². The lowest BCUT2D eigenvalue weighted by Gasteiger charge is -2.06. The molecular formula is C26H23NO4S. The molecule has 6 heteroatoms. The molecule has 0 fully saturated rings. The maximum Gasteiger partial charge on any atom is 0.256 e. The smallest absolute Gasteiger partial charge is 0.256 e. The Morgan fingerprint density at radius 1 is 1.03 bits per heavy atom. The van der Waals surface area contributed by atoms with E-state index >= 15 is 0 Å². The SMILES string of the molecule is COc1cccc(/C=C/C(=O)c2ccc(OCCCSc3nc4ccccc4o3)cc2)c1. The summed E-state index contributed by atoms with van der Waals surface area (Å²) in [6.07, 6.45) is 4.20. The molecule has 1 aromatic heterocycles. The predicted octanol–water partition coefficient (Wildman–Crippen LogP) is 6.29. The first-order chi connectivity index (χ1) is 15.7. The highest BCUT2D eigenvalue weighted by atomic mass is 32.2. The Morgan fingerprint density at radius 2 is 1.88 bits per heavy atom. The van der Waals surface area contributed by atoms with Crippen LogP contribution in [0.3, 0.4) is 0 Å². The second kappa shape index (κ2) is 10.7. The summed E-state index contributed by atoms with van der Waals surface area (Å²) in [6, 6.07) is 22.5. The maximum absolute atomic E-state index is 12.4. The Balaban J connectivity index is 1.21. The zero-order valence-electron chi connectivity index (χ0n) is 17.7. The number of thioether (sulfide) groups is 1. The number of carbonyl (C=O) groups excluding carboxylic acids is 1. The van der Waals surface area contributed by atoms with Gasteiger partial charge in [-0.1, -0.05) is 42.1 Å². The van der Waals surface area contributed by atoms with Crippen LogP contribution in [0.4, 0.5) is 0 Å². The summed E-state index contributed by atoms with van der Waals surface area (Å²) in [6.45, 7) is 0.580. The van der Waals surface area contributed by atoms with Gasteiger partial charge in [0.15, 0.2) is 11.4 Å². The third-order valence-corrected chi connectivity index (χ3v) is 5.63. The summed E-state index contributed by atoms with van der Waals surface area (Å²) in [4.78, 5) is 16.9. The number of ketones is 1. The molecule has 0 saturated carbocycles. The number of oxazole rings is 1. The lowest BCUT2D eigenvalue weighted by Crippen LogP contribution is -2.00. The van der Waals surface area contributed by atoms with Gasteiger partial charge in [-0.3, -0.25) is 4.79 Å². The average molecular weight is 446 g/mol. The van der Waals surface area contributed by atoms with E-state index < -0.39 is 0 Å². The standard InChI is InChI=1S/C26H23NO4S/c1-29-22-7-4-6-19(18-22)10-15-24(28)20-11-13-21(14-12-20)30-16-5-17-32-26-27-23-8-2-3-9-25(23)31-26/h2-4,6-15,18H,5,16-17H2,1H3/b15-10+. The second-order valence-corrected chi connectivity index (χ2v) is 8.04. The minimum atomic E-state index is -0.0610. The van der Waals surface area contributed by atoms with Crippen molar-refractivity contribution in [2.24, 2.45) is 0 Å². The number of para-hydroxylation sites is 2.